The van der Waals surface area contributed by atoms with Crippen LogP contribution in [0.25, 0.3) is 0 Å². The van der Waals surface area contributed by atoms with E-state index in [4.69, 9.17) is 15.1 Å². The van der Waals surface area contributed by atoms with Gasteiger partial charge in [0.15, 0.2) is 0 Å². The molecule has 0 amide bonds. The molecule has 5 nitrogen and oxygen atoms in total. The maximum atomic E-state index is 10.7. The van der Waals surface area contributed by atoms with Crippen molar-refractivity contribution < 1.29 is 14.6 Å². The van der Waals surface area contributed by atoms with Gasteiger partial charge >= 0.3 is 5.97 Å². The van der Waals surface area contributed by atoms with Crippen molar-refractivity contribution in [2.75, 3.05) is 11.9 Å². The normalized spacial score (nSPS) is 17.9. The number of benzene rings is 1. The van der Waals surface area contributed by atoms with Crippen LogP contribution in [-0.4, -0.2) is 23.7 Å². The predicted octanol–water partition coefficient (Wildman–Crippen LogP) is 0.816. The molecule has 0 fully saturated rings. The van der Waals surface area contributed by atoms with Crippen LogP contribution in [0.2, 0.25) is 0 Å². The zero-order valence-corrected chi connectivity index (χ0v) is 7.73. The van der Waals surface area contributed by atoms with Crippen molar-refractivity contribution in [3.8, 4) is 11.8 Å². The van der Waals surface area contributed by atoms with Gasteiger partial charge in [-0.25, -0.2) is 4.79 Å². The van der Waals surface area contributed by atoms with Crippen LogP contribution in [0.15, 0.2) is 18.2 Å². The fourth-order valence-corrected chi connectivity index (χ4v) is 1.37. The monoisotopic (exact) mass is 204 g/mol. The number of aliphatic carboxylic acids is 1. The minimum absolute atomic E-state index is 0.230. The van der Waals surface area contributed by atoms with Crippen LogP contribution in [0.3, 0.4) is 0 Å². The summed E-state index contributed by atoms with van der Waals surface area (Å²) in [5.74, 6) is -0.608. The number of nitrogens with one attached hydrogen (secondary N) is 1. The van der Waals surface area contributed by atoms with Gasteiger partial charge in [0, 0.05) is 6.07 Å². The number of carboxylic acids is 1. The minimum atomic E-state index is -1.02. The zero-order valence-electron chi connectivity index (χ0n) is 7.73. The number of nitriles is 1. The summed E-state index contributed by atoms with van der Waals surface area (Å²) >= 11 is 0. The summed E-state index contributed by atoms with van der Waals surface area (Å²) in [7, 11) is 0. The Kier molecular flexibility index (Phi) is 2.18. The fourth-order valence-electron chi connectivity index (χ4n) is 1.37. The summed E-state index contributed by atoms with van der Waals surface area (Å²) in [6.45, 7) is 0.230. The highest BCUT2D eigenvalue weighted by molar-refractivity contribution is 5.76. The van der Waals surface area contributed by atoms with Gasteiger partial charge in [-0.3, -0.25) is 0 Å². The van der Waals surface area contributed by atoms with Crippen LogP contribution in [0.5, 0.6) is 5.75 Å². The van der Waals surface area contributed by atoms with E-state index in [9.17, 15) is 4.79 Å². The van der Waals surface area contributed by atoms with Gasteiger partial charge in [-0.1, -0.05) is 0 Å². The Bertz CT molecular complexity index is 450. The molecular formula is C10H8N2O3. The highest BCUT2D eigenvalue weighted by Crippen LogP contribution is 2.29. The predicted molar refractivity (Wildman–Crippen MR) is 51.7 cm³/mol. The minimum Gasteiger partial charge on any atom is -0.478 e. The lowest BCUT2D eigenvalue weighted by Crippen LogP contribution is -2.37. The van der Waals surface area contributed by atoms with Gasteiger partial charge in [0.25, 0.3) is 0 Å². The molecule has 2 N–H and O–H groups in total. The van der Waals surface area contributed by atoms with E-state index in [-0.39, 0.29) is 6.54 Å². The lowest BCUT2D eigenvalue weighted by molar-refractivity contribution is -0.144. The smallest absolute Gasteiger partial charge is 0.346 e. The van der Waals surface area contributed by atoms with Crippen LogP contribution in [0.1, 0.15) is 5.56 Å². The molecule has 2 rings (SSSR count). The van der Waals surface area contributed by atoms with Crippen molar-refractivity contribution in [2.45, 2.75) is 6.10 Å². The van der Waals surface area contributed by atoms with E-state index in [1.54, 1.807) is 12.1 Å². The van der Waals surface area contributed by atoms with E-state index < -0.39 is 12.1 Å². The highest BCUT2D eigenvalue weighted by Gasteiger charge is 2.25. The molecule has 1 heterocycles. The highest BCUT2D eigenvalue weighted by atomic mass is 16.5. The van der Waals surface area contributed by atoms with E-state index in [0.717, 1.165) is 0 Å². The first-order valence-electron chi connectivity index (χ1n) is 4.38. The van der Waals surface area contributed by atoms with E-state index in [1.165, 1.54) is 6.07 Å². The lowest BCUT2D eigenvalue weighted by Gasteiger charge is -2.24. The van der Waals surface area contributed by atoms with Crippen molar-refractivity contribution in [3.63, 3.8) is 0 Å². The largest absolute Gasteiger partial charge is 0.478 e. The van der Waals surface area contributed by atoms with E-state index in [2.05, 4.69) is 5.32 Å². The standard InChI is InChI=1S/C10H8N2O3/c11-4-6-1-2-7-8(3-6)15-9(5-12-7)10(13)14/h1-3,9,12H,5H2,(H,13,14). The molecule has 0 aromatic heterocycles. The molecule has 1 aromatic carbocycles. The third kappa shape index (κ3) is 1.70. The van der Waals surface area contributed by atoms with Gasteiger partial charge < -0.3 is 15.2 Å². The van der Waals surface area contributed by atoms with Gasteiger partial charge in [0.2, 0.25) is 6.10 Å². The first-order valence-corrected chi connectivity index (χ1v) is 4.38. The van der Waals surface area contributed by atoms with Crippen molar-refractivity contribution in [2.24, 2.45) is 0 Å². The number of hydrogen-bond acceptors (Lipinski definition) is 4. The average molecular weight is 204 g/mol. The van der Waals surface area contributed by atoms with Gasteiger partial charge in [-0.15, -0.1) is 0 Å². The Balaban J connectivity index is 2.32. The van der Waals surface area contributed by atoms with E-state index in [0.29, 0.717) is 17.0 Å². The van der Waals surface area contributed by atoms with Gasteiger partial charge in [-0.05, 0) is 12.1 Å². The molecule has 0 spiro atoms. The van der Waals surface area contributed by atoms with E-state index >= 15 is 0 Å². The summed E-state index contributed by atoms with van der Waals surface area (Å²) in [5, 5.41) is 20.4. The number of nitrogens with zero attached hydrogens (tertiary/aromatic N) is 1. The number of hydrogen-bond donors (Lipinski definition) is 2. The van der Waals surface area contributed by atoms with Crippen molar-refractivity contribution >= 4 is 11.7 Å². The first-order chi connectivity index (χ1) is 7.20. The summed E-state index contributed by atoms with van der Waals surface area (Å²) in [6.07, 6.45) is -0.897. The van der Waals surface area contributed by atoms with Gasteiger partial charge in [-0.2, -0.15) is 5.26 Å². The lowest BCUT2D eigenvalue weighted by atomic mass is 10.1. The maximum Gasteiger partial charge on any atom is 0.346 e. The molecule has 5 heteroatoms. The number of anilines is 1. The third-order valence-corrected chi connectivity index (χ3v) is 2.13. The molecule has 1 aliphatic rings. The van der Waals surface area contributed by atoms with Gasteiger partial charge in [0.05, 0.1) is 23.9 Å². The number of ether oxygens (including phenoxy) is 1. The Morgan fingerprint density at radius 1 is 1.67 bits per heavy atom. The van der Waals surface area contributed by atoms with Crippen LogP contribution in [-0.2, 0) is 4.79 Å². The van der Waals surface area contributed by atoms with Crippen molar-refractivity contribution in [3.05, 3.63) is 23.8 Å². The van der Waals surface area contributed by atoms with Crippen LogP contribution in [0, 0.1) is 11.3 Å². The fraction of sp³-hybridized carbons (Fsp3) is 0.200. The summed E-state index contributed by atoms with van der Waals surface area (Å²) in [4.78, 5) is 10.7. The second-order valence-electron chi connectivity index (χ2n) is 3.15. The van der Waals surface area contributed by atoms with E-state index in [1.807, 2.05) is 6.07 Å². The number of fused-ring (bicyclic) bond motifs is 1. The molecule has 1 unspecified atom stereocenters. The number of carbonyl (C=O) groups is 1. The molecular weight excluding hydrogens is 196 g/mol. The quantitative estimate of drug-likeness (QED) is 0.707. The summed E-state index contributed by atoms with van der Waals surface area (Å²) in [6, 6.07) is 6.84. The summed E-state index contributed by atoms with van der Waals surface area (Å²) in [5.41, 5.74) is 1.16. The SMILES string of the molecule is N#Cc1ccc2c(c1)OC(C(=O)O)CN2. The zero-order chi connectivity index (χ0) is 10.8. The van der Waals surface area contributed by atoms with Crippen LogP contribution in [0.4, 0.5) is 5.69 Å². The molecule has 1 aromatic rings. The first kappa shape index (κ1) is 9.34. The molecule has 0 bridgehead atoms. The Hall–Kier alpha value is -2.22. The second kappa shape index (κ2) is 3.50. The Labute approximate surface area is 85.9 Å². The molecule has 0 saturated carbocycles. The topological polar surface area (TPSA) is 82.3 Å². The van der Waals surface area contributed by atoms with Crippen LogP contribution >= 0.6 is 0 Å². The Morgan fingerprint density at radius 2 is 2.47 bits per heavy atom. The van der Waals surface area contributed by atoms with Crippen molar-refractivity contribution in [1.29, 1.82) is 5.26 Å². The molecule has 0 aliphatic carbocycles. The number of carboxylic acid groups (broad SMARTS) is 1. The van der Waals surface area contributed by atoms with Crippen molar-refractivity contribution in [1.82, 2.24) is 0 Å². The molecule has 0 saturated heterocycles. The number of rotatable bonds is 1. The van der Waals surface area contributed by atoms with Gasteiger partial charge in [0.1, 0.15) is 5.75 Å². The molecule has 1 atom stereocenters. The second-order valence-corrected chi connectivity index (χ2v) is 3.15. The van der Waals surface area contributed by atoms with Crippen LogP contribution < -0.4 is 10.1 Å². The third-order valence-electron chi connectivity index (χ3n) is 2.13. The summed E-state index contributed by atoms with van der Waals surface area (Å²) < 4.78 is 5.22. The average Bonchev–Trinajstić information content (AvgIpc) is 2.27. The molecule has 15 heavy (non-hydrogen) atoms. The molecule has 0 radical (unpaired) electrons. The Morgan fingerprint density at radius 3 is 3.13 bits per heavy atom. The maximum absolute atomic E-state index is 10.7. The molecule has 76 valence electrons. The molecule has 1 aliphatic heterocycles.